The van der Waals surface area contributed by atoms with Crippen molar-refractivity contribution in [3.8, 4) is 0 Å². The summed E-state index contributed by atoms with van der Waals surface area (Å²) in [4.78, 5) is 0. The zero-order valence-electron chi connectivity index (χ0n) is 11.8. The van der Waals surface area contributed by atoms with E-state index in [0.29, 0.717) is 0 Å². The Kier molecular flexibility index (Phi) is 5.77. The van der Waals surface area contributed by atoms with Crippen molar-refractivity contribution in [2.45, 2.75) is 19.1 Å². The average molecular weight is 334 g/mol. The van der Waals surface area contributed by atoms with E-state index < -0.39 is 0 Å². The first kappa shape index (κ1) is 15.2. The molecule has 2 nitrogen and oxygen atoms in total. The molecule has 2 aromatic carbocycles. The Labute approximate surface area is 129 Å². The van der Waals surface area contributed by atoms with Crippen molar-refractivity contribution in [1.29, 1.82) is 0 Å². The van der Waals surface area contributed by atoms with Gasteiger partial charge in [0.1, 0.15) is 0 Å². The van der Waals surface area contributed by atoms with E-state index >= 15 is 0 Å². The summed E-state index contributed by atoms with van der Waals surface area (Å²) in [5, 5.41) is 3.20. The van der Waals surface area contributed by atoms with Crippen LogP contribution in [0.2, 0.25) is 0 Å². The molecule has 0 heterocycles. The molecule has 0 saturated carbocycles. The highest BCUT2D eigenvalue weighted by Gasteiger charge is 2.16. The standard InChI is InChI=1S/C17H20BrNO/c1-13(14-7-4-3-5-8-14)20-17(12-19-2)15-9-6-10-16(18)11-15/h3-11,13,17,19H,12H2,1-2H3. The zero-order valence-corrected chi connectivity index (χ0v) is 13.4. The Morgan fingerprint density at radius 1 is 1.05 bits per heavy atom. The molecule has 0 amide bonds. The second kappa shape index (κ2) is 7.58. The monoisotopic (exact) mass is 333 g/mol. The molecule has 106 valence electrons. The molecule has 0 aliphatic rings. The summed E-state index contributed by atoms with van der Waals surface area (Å²) in [7, 11) is 1.95. The van der Waals surface area contributed by atoms with Crippen molar-refractivity contribution in [2.24, 2.45) is 0 Å². The molecule has 0 fully saturated rings. The van der Waals surface area contributed by atoms with Crippen LogP contribution in [-0.2, 0) is 4.74 Å². The Morgan fingerprint density at radius 2 is 1.75 bits per heavy atom. The quantitative estimate of drug-likeness (QED) is 0.841. The first-order valence-corrected chi connectivity index (χ1v) is 7.60. The Balaban J connectivity index is 2.13. The highest BCUT2D eigenvalue weighted by molar-refractivity contribution is 9.10. The van der Waals surface area contributed by atoms with E-state index in [1.807, 2.05) is 37.4 Å². The van der Waals surface area contributed by atoms with E-state index in [0.717, 1.165) is 11.0 Å². The fourth-order valence-corrected chi connectivity index (χ4v) is 2.60. The molecule has 0 saturated heterocycles. The van der Waals surface area contributed by atoms with Crippen molar-refractivity contribution in [3.63, 3.8) is 0 Å². The first-order valence-electron chi connectivity index (χ1n) is 6.81. The van der Waals surface area contributed by atoms with Crippen LogP contribution in [0.5, 0.6) is 0 Å². The number of benzene rings is 2. The van der Waals surface area contributed by atoms with Crippen LogP contribution < -0.4 is 5.32 Å². The molecule has 2 aromatic rings. The fourth-order valence-electron chi connectivity index (χ4n) is 2.19. The third-order valence-corrected chi connectivity index (χ3v) is 3.74. The van der Waals surface area contributed by atoms with Crippen LogP contribution >= 0.6 is 15.9 Å². The number of rotatable bonds is 6. The van der Waals surface area contributed by atoms with Gasteiger partial charge >= 0.3 is 0 Å². The molecule has 2 rings (SSSR count). The van der Waals surface area contributed by atoms with E-state index in [1.165, 1.54) is 11.1 Å². The first-order chi connectivity index (χ1) is 9.70. The summed E-state index contributed by atoms with van der Waals surface area (Å²) in [5.41, 5.74) is 2.38. The van der Waals surface area contributed by atoms with E-state index in [9.17, 15) is 0 Å². The molecule has 2 unspecified atom stereocenters. The van der Waals surface area contributed by atoms with Crippen LogP contribution in [0, 0.1) is 0 Å². The van der Waals surface area contributed by atoms with Gasteiger partial charge in [-0.25, -0.2) is 0 Å². The smallest absolute Gasteiger partial charge is 0.0957 e. The second-order valence-corrected chi connectivity index (χ2v) is 5.71. The lowest BCUT2D eigenvalue weighted by molar-refractivity contribution is -0.00344. The van der Waals surface area contributed by atoms with Crippen molar-refractivity contribution < 1.29 is 4.74 Å². The molecule has 0 aromatic heterocycles. The molecule has 0 bridgehead atoms. The summed E-state index contributed by atoms with van der Waals surface area (Å²) in [6, 6.07) is 18.6. The van der Waals surface area contributed by atoms with Crippen LogP contribution in [0.1, 0.15) is 30.3 Å². The van der Waals surface area contributed by atoms with Gasteiger partial charge in [-0.3, -0.25) is 0 Å². The van der Waals surface area contributed by atoms with Crippen LogP contribution in [0.3, 0.4) is 0 Å². The fraction of sp³-hybridized carbons (Fsp3) is 0.294. The lowest BCUT2D eigenvalue weighted by atomic mass is 10.1. The third-order valence-electron chi connectivity index (χ3n) is 3.25. The molecule has 1 N–H and O–H groups in total. The number of hydrogen-bond acceptors (Lipinski definition) is 2. The summed E-state index contributed by atoms with van der Waals surface area (Å²) >= 11 is 3.52. The third kappa shape index (κ3) is 4.17. The van der Waals surface area contributed by atoms with Gasteiger partial charge in [-0.1, -0.05) is 58.4 Å². The van der Waals surface area contributed by atoms with Crippen molar-refractivity contribution >= 4 is 15.9 Å². The number of hydrogen-bond donors (Lipinski definition) is 1. The minimum atomic E-state index is 0.0349. The van der Waals surface area contributed by atoms with Gasteiger partial charge in [0, 0.05) is 11.0 Å². The van der Waals surface area contributed by atoms with Gasteiger partial charge in [0.25, 0.3) is 0 Å². The topological polar surface area (TPSA) is 21.3 Å². The molecule has 0 aliphatic carbocycles. The Morgan fingerprint density at radius 3 is 2.40 bits per heavy atom. The van der Waals surface area contributed by atoms with Gasteiger partial charge in [-0.2, -0.15) is 0 Å². The van der Waals surface area contributed by atoms with E-state index in [4.69, 9.17) is 4.74 Å². The largest absolute Gasteiger partial charge is 0.365 e. The van der Waals surface area contributed by atoms with Crippen LogP contribution in [0.4, 0.5) is 0 Å². The summed E-state index contributed by atoms with van der Waals surface area (Å²) in [5.74, 6) is 0. The van der Waals surface area contributed by atoms with Gasteiger partial charge < -0.3 is 10.1 Å². The molecule has 20 heavy (non-hydrogen) atoms. The summed E-state index contributed by atoms with van der Waals surface area (Å²) in [6.07, 6.45) is 0.0984. The molecular formula is C17H20BrNO. The van der Waals surface area contributed by atoms with Gasteiger partial charge in [-0.05, 0) is 37.2 Å². The Hall–Kier alpha value is -1.16. The average Bonchev–Trinajstić information content (AvgIpc) is 2.47. The van der Waals surface area contributed by atoms with E-state index in [2.05, 4.69) is 52.4 Å². The lowest BCUT2D eigenvalue weighted by Crippen LogP contribution is -2.21. The van der Waals surface area contributed by atoms with Crippen molar-refractivity contribution in [3.05, 3.63) is 70.2 Å². The van der Waals surface area contributed by atoms with Gasteiger partial charge in [-0.15, -0.1) is 0 Å². The minimum Gasteiger partial charge on any atom is -0.365 e. The van der Waals surface area contributed by atoms with Crippen molar-refractivity contribution in [1.82, 2.24) is 5.32 Å². The van der Waals surface area contributed by atoms with Gasteiger partial charge in [0.2, 0.25) is 0 Å². The molecule has 2 atom stereocenters. The minimum absolute atomic E-state index is 0.0349. The SMILES string of the molecule is CNCC(OC(C)c1ccccc1)c1cccc(Br)c1. The zero-order chi connectivity index (χ0) is 14.4. The normalized spacial score (nSPS) is 13.9. The summed E-state index contributed by atoms with van der Waals surface area (Å²) < 4.78 is 7.31. The molecule has 0 aliphatic heterocycles. The predicted octanol–water partition coefficient (Wildman–Crippen LogP) is 4.49. The second-order valence-electron chi connectivity index (χ2n) is 4.79. The highest BCUT2D eigenvalue weighted by Crippen LogP contribution is 2.27. The maximum atomic E-state index is 6.23. The number of ether oxygens (including phenoxy) is 1. The van der Waals surface area contributed by atoms with Gasteiger partial charge in [0.15, 0.2) is 0 Å². The van der Waals surface area contributed by atoms with Crippen molar-refractivity contribution in [2.75, 3.05) is 13.6 Å². The Bertz CT molecular complexity index is 530. The lowest BCUT2D eigenvalue weighted by Gasteiger charge is -2.23. The maximum absolute atomic E-state index is 6.23. The molecule has 0 spiro atoms. The number of halogens is 1. The molecular weight excluding hydrogens is 314 g/mol. The highest BCUT2D eigenvalue weighted by atomic mass is 79.9. The summed E-state index contributed by atoms with van der Waals surface area (Å²) in [6.45, 7) is 2.88. The predicted molar refractivity (Wildman–Crippen MR) is 86.8 cm³/mol. The van der Waals surface area contributed by atoms with Crippen LogP contribution in [-0.4, -0.2) is 13.6 Å². The number of nitrogens with one attached hydrogen (secondary N) is 1. The number of likely N-dealkylation sites (N-methyl/N-ethyl adjacent to an activating group) is 1. The maximum Gasteiger partial charge on any atom is 0.0957 e. The van der Waals surface area contributed by atoms with Gasteiger partial charge in [0.05, 0.1) is 12.2 Å². The molecule has 0 radical (unpaired) electrons. The van der Waals surface area contributed by atoms with E-state index in [1.54, 1.807) is 0 Å². The molecule has 3 heteroatoms. The van der Waals surface area contributed by atoms with Crippen LogP contribution in [0.25, 0.3) is 0 Å². The van der Waals surface area contributed by atoms with E-state index in [-0.39, 0.29) is 12.2 Å². The van der Waals surface area contributed by atoms with Crippen LogP contribution in [0.15, 0.2) is 59.1 Å².